The van der Waals surface area contributed by atoms with Gasteiger partial charge < -0.3 is 4.98 Å². The van der Waals surface area contributed by atoms with Gasteiger partial charge in [-0.15, -0.1) is 0 Å². The van der Waals surface area contributed by atoms with Gasteiger partial charge in [-0.3, -0.25) is 9.52 Å². The normalized spacial score (nSPS) is 11.5. The van der Waals surface area contributed by atoms with Gasteiger partial charge in [0.15, 0.2) is 4.21 Å². The van der Waals surface area contributed by atoms with E-state index in [9.17, 15) is 13.2 Å². The Balaban J connectivity index is 2.42. The number of sulfonamides is 1. The number of H-pyrrole nitrogens is 1. The van der Waals surface area contributed by atoms with E-state index in [1.807, 2.05) is 0 Å². The van der Waals surface area contributed by atoms with E-state index in [-0.39, 0.29) is 4.21 Å². The Morgan fingerprint density at radius 2 is 2.11 bits per heavy atom. The fourth-order valence-corrected chi connectivity index (χ4v) is 4.71. The number of rotatable bonds is 3. The summed E-state index contributed by atoms with van der Waals surface area (Å²) in [6, 6.07) is 4.68. The number of benzene rings is 1. The third-order valence-corrected chi connectivity index (χ3v) is 6.06. The van der Waals surface area contributed by atoms with Crippen LogP contribution in [0.3, 0.4) is 0 Å². The van der Waals surface area contributed by atoms with Crippen LogP contribution in [-0.2, 0) is 10.0 Å². The monoisotopic (exact) mass is 382 g/mol. The maximum Gasteiger partial charge on any atom is 0.306 e. The maximum absolute atomic E-state index is 12.2. The van der Waals surface area contributed by atoms with Gasteiger partial charge in [0.05, 0.1) is 5.69 Å². The number of aromatic nitrogens is 1. The van der Waals surface area contributed by atoms with E-state index in [0.29, 0.717) is 32.2 Å². The molecule has 0 aliphatic carbocycles. The number of thiazole rings is 1. The van der Waals surface area contributed by atoms with Crippen LogP contribution >= 0.6 is 38.9 Å². The van der Waals surface area contributed by atoms with Gasteiger partial charge in [-0.05, 0) is 41.1 Å². The fraction of sp³-hybridized carbons (Fsp3) is 0.100. The molecular weight excluding hydrogens is 376 g/mol. The molecule has 0 fully saturated rings. The van der Waals surface area contributed by atoms with Crippen LogP contribution in [0.4, 0.5) is 5.69 Å². The second kappa shape index (κ2) is 5.28. The highest BCUT2D eigenvalue weighted by Gasteiger charge is 2.21. The van der Waals surface area contributed by atoms with E-state index < -0.39 is 14.9 Å². The quantitative estimate of drug-likeness (QED) is 0.855. The van der Waals surface area contributed by atoms with E-state index >= 15 is 0 Å². The summed E-state index contributed by atoms with van der Waals surface area (Å²) in [4.78, 5) is 13.2. The van der Waals surface area contributed by atoms with Crippen LogP contribution in [0.25, 0.3) is 0 Å². The zero-order chi connectivity index (χ0) is 14.2. The molecule has 0 aliphatic rings. The van der Waals surface area contributed by atoms with Gasteiger partial charge in [0, 0.05) is 15.2 Å². The van der Waals surface area contributed by atoms with Crippen LogP contribution in [0.15, 0.2) is 31.7 Å². The SMILES string of the molecule is Cc1[nH]c(=O)sc1S(=O)(=O)Nc1ccc(Cl)cc1Br. The van der Waals surface area contributed by atoms with Crippen LogP contribution in [0.2, 0.25) is 5.02 Å². The minimum absolute atomic E-state index is 0.0284. The Bertz CT molecular complexity index is 782. The molecule has 0 spiro atoms. The van der Waals surface area contributed by atoms with Crippen molar-refractivity contribution in [2.45, 2.75) is 11.1 Å². The lowest BCUT2D eigenvalue weighted by molar-refractivity contribution is 0.602. The number of aromatic amines is 1. The molecule has 0 saturated carbocycles. The molecule has 9 heteroatoms. The predicted molar refractivity (Wildman–Crippen MR) is 79.6 cm³/mol. The first-order valence-corrected chi connectivity index (χ1v) is 8.44. The number of halogens is 2. The van der Waals surface area contributed by atoms with Crippen molar-refractivity contribution in [2.24, 2.45) is 0 Å². The van der Waals surface area contributed by atoms with Gasteiger partial charge in [-0.2, -0.15) is 0 Å². The summed E-state index contributed by atoms with van der Waals surface area (Å²) in [5, 5.41) is 0.484. The van der Waals surface area contributed by atoms with E-state index in [2.05, 4.69) is 25.6 Å². The molecule has 5 nitrogen and oxygen atoms in total. The average Bonchev–Trinajstić information content (AvgIpc) is 2.63. The largest absolute Gasteiger partial charge is 0.315 e. The van der Waals surface area contributed by atoms with Gasteiger partial charge in [0.25, 0.3) is 10.0 Å². The Morgan fingerprint density at radius 3 is 2.63 bits per heavy atom. The first-order chi connectivity index (χ1) is 8.79. The molecule has 0 amide bonds. The number of nitrogens with one attached hydrogen (secondary N) is 2. The van der Waals surface area contributed by atoms with E-state index in [1.54, 1.807) is 12.1 Å². The third-order valence-electron chi connectivity index (χ3n) is 2.20. The summed E-state index contributed by atoms with van der Waals surface area (Å²) in [7, 11) is -3.79. The highest BCUT2D eigenvalue weighted by Crippen LogP contribution is 2.28. The molecule has 2 rings (SSSR count). The Labute approximate surface area is 126 Å². The topological polar surface area (TPSA) is 79.0 Å². The van der Waals surface area contributed by atoms with Crippen molar-refractivity contribution < 1.29 is 8.42 Å². The predicted octanol–water partition coefficient (Wildman–Crippen LogP) is 2.96. The van der Waals surface area contributed by atoms with Gasteiger partial charge in [0.1, 0.15) is 0 Å². The average molecular weight is 384 g/mol. The second-order valence-electron chi connectivity index (χ2n) is 3.66. The molecule has 2 aromatic rings. The fourth-order valence-electron chi connectivity index (χ4n) is 1.41. The molecule has 19 heavy (non-hydrogen) atoms. The molecule has 0 bridgehead atoms. The number of hydrogen-bond acceptors (Lipinski definition) is 4. The molecule has 2 N–H and O–H groups in total. The maximum atomic E-state index is 12.2. The smallest absolute Gasteiger partial charge is 0.306 e. The summed E-state index contributed by atoms with van der Waals surface area (Å²) in [6.45, 7) is 1.53. The lowest BCUT2D eigenvalue weighted by Crippen LogP contribution is -2.13. The Kier molecular flexibility index (Phi) is 4.05. The van der Waals surface area contributed by atoms with Crippen molar-refractivity contribution in [3.05, 3.63) is 43.1 Å². The van der Waals surface area contributed by atoms with Crippen LogP contribution in [0, 0.1) is 6.92 Å². The van der Waals surface area contributed by atoms with Gasteiger partial charge in [0.2, 0.25) is 0 Å². The molecule has 0 radical (unpaired) electrons. The summed E-state index contributed by atoms with van der Waals surface area (Å²) in [5.74, 6) is 0. The number of anilines is 1. The number of aryl methyl sites for hydroxylation is 1. The first-order valence-electron chi connectivity index (χ1n) is 4.97. The van der Waals surface area contributed by atoms with Crippen LogP contribution in [-0.4, -0.2) is 13.4 Å². The first kappa shape index (κ1) is 14.6. The van der Waals surface area contributed by atoms with Crippen molar-refractivity contribution in [1.82, 2.24) is 4.98 Å². The van der Waals surface area contributed by atoms with E-state index in [0.717, 1.165) is 0 Å². The zero-order valence-corrected chi connectivity index (χ0v) is 13.5. The summed E-state index contributed by atoms with van der Waals surface area (Å²) < 4.78 is 27.2. The molecule has 1 heterocycles. The molecule has 0 aliphatic heterocycles. The van der Waals surface area contributed by atoms with Crippen LogP contribution in [0.5, 0.6) is 0 Å². The molecule has 102 valence electrons. The Morgan fingerprint density at radius 1 is 1.42 bits per heavy atom. The minimum atomic E-state index is -3.79. The summed E-state index contributed by atoms with van der Waals surface area (Å²) in [5.41, 5.74) is 0.664. The van der Waals surface area contributed by atoms with E-state index in [4.69, 9.17) is 11.6 Å². The molecule has 0 unspecified atom stereocenters. The van der Waals surface area contributed by atoms with Crippen molar-refractivity contribution in [3.63, 3.8) is 0 Å². The van der Waals surface area contributed by atoms with Crippen LogP contribution < -0.4 is 9.60 Å². The van der Waals surface area contributed by atoms with Crippen molar-refractivity contribution in [3.8, 4) is 0 Å². The van der Waals surface area contributed by atoms with Crippen LogP contribution in [0.1, 0.15) is 5.69 Å². The molecule has 0 saturated heterocycles. The van der Waals surface area contributed by atoms with Crippen molar-refractivity contribution >= 4 is 54.6 Å². The van der Waals surface area contributed by atoms with Gasteiger partial charge >= 0.3 is 4.87 Å². The standard InChI is InChI=1S/C10H8BrClN2O3S2/c1-5-9(18-10(15)13-5)19(16,17)14-8-3-2-6(12)4-7(8)11/h2-4,14H,1H3,(H,13,15). The van der Waals surface area contributed by atoms with Gasteiger partial charge in [-0.1, -0.05) is 22.9 Å². The third kappa shape index (κ3) is 3.19. The Hall–Kier alpha value is -0.830. The molecular formula is C10H8BrClN2O3S2. The zero-order valence-electron chi connectivity index (χ0n) is 9.53. The minimum Gasteiger partial charge on any atom is -0.315 e. The van der Waals surface area contributed by atoms with Gasteiger partial charge in [-0.25, -0.2) is 8.42 Å². The number of hydrogen-bond donors (Lipinski definition) is 2. The lowest BCUT2D eigenvalue weighted by atomic mass is 10.3. The van der Waals surface area contributed by atoms with Crippen molar-refractivity contribution in [2.75, 3.05) is 4.72 Å². The van der Waals surface area contributed by atoms with E-state index in [1.165, 1.54) is 13.0 Å². The highest BCUT2D eigenvalue weighted by atomic mass is 79.9. The highest BCUT2D eigenvalue weighted by molar-refractivity contribution is 9.10. The molecule has 0 atom stereocenters. The molecule has 1 aromatic carbocycles. The lowest BCUT2D eigenvalue weighted by Gasteiger charge is -2.08. The molecule has 1 aromatic heterocycles. The second-order valence-corrected chi connectivity index (χ2v) is 7.81. The van der Waals surface area contributed by atoms with Crippen molar-refractivity contribution in [1.29, 1.82) is 0 Å². The summed E-state index contributed by atoms with van der Waals surface area (Å²) >= 11 is 9.65. The summed E-state index contributed by atoms with van der Waals surface area (Å²) in [6.07, 6.45) is 0.